The third kappa shape index (κ3) is 6.51. The summed E-state index contributed by atoms with van der Waals surface area (Å²) in [5, 5.41) is 3.56. The molecule has 1 atom stereocenters. The van der Waals surface area contributed by atoms with Crippen molar-refractivity contribution in [2.45, 2.75) is 65.8 Å². The van der Waals surface area contributed by atoms with Crippen LogP contribution in [-0.4, -0.2) is 12.6 Å². The zero-order valence-electron chi connectivity index (χ0n) is 13.5. The fraction of sp³-hybridized carbons (Fsp3) is 0.667. The van der Waals surface area contributed by atoms with E-state index in [4.69, 9.17) is 0 Å². The third-order valence-electron chi connectivity index (χ3n) is 3.87. The van der Waals surface area contributed by atoms with Crippen molar-refractivity contribution in [3.63, 3.8) is 0 Å². The molecule has 1 N–H and O–H groups in total. The predicted molar refractivity (Wildman–Crippen MR) is 85.5 cm³/mol. The van der Waals surface area contributed by atoms with Gasteiger partial charge in [-0.2, -0.15) is 0 Å². The number of halogens is 1. The average Bonchev–Trinajstić information content (AvgIpc) is 2.40. The number of hydrogen-bond donors (Lipinski definition) is 1. The summed E-state index contributed by atoms with van der Waals surface area (Å²) in [4.78, 5) is 0. The Morgan fingerprint density at radius 1 is 1.20 bits per heavy atom. The van der Waals surface area contributed by atoms with Crippen LogP contribution in [0.2, 0.25) is 0 Å². The fourth-order valence-electron chi connectivity index (χ4n) is 2.46. The highest BCUT2D eigenvalue weighted by atomic mass is 19.1. The molecule has 0 aliphatic heterocycles. The summed E-state index contributed by atoms with van der Waals surface area (Å²) >= 11 is 0. The van der Waals surface area contributed by atoms with Crippen molar-refractivity contribution in [1.29, 1.82) is 0 Å². The molecule has 20 heavy (non-hydrogen) atoms. The lowest BCUT2D eigenvalue weighted by Crippen LogP contribution is -2.36. The van der Waals surface area contributed by atoms with E-state index in [2.05, 4.69) is 33.0 Å². The molecule has 114 valence electrons. The van der Waals surface area contributed by atoms with Gasteiger partial charge in [-0.3, -0.25) is 0 Å². The minimum Gasteiger partial charge on any atom is -0.313 e. The first kappa shape index (κ1) is 17.2. The number of unbranched alkanes of at least 4 members (excludes halogenated alkanes) is 2. The molecule has 0 bridgehead atoms. The molecular weight excluding hydrogens is 249 g/mol. The van der Waals surface area contributed by atoms with E-state index < -0.39 is 0 Å². The summed E-state index contributed by atoms with van der Waals surface area (Å²) < 4.78 is 13.6. The van der Waals surface area contributed by atoms with E-state index in [0.717, 1.165) is 18.5 Å². The van der Waals surface area contributed by atoms with E-state index in [0.29, 0.717) is 11.5 Å². The van der Waals surface area contributed by atoms with Crippen molar-refractivity contribution in [2.75, 3.05) is 6.54 Å². The minimum atomic E-state index is -0.0941. The molecule has 0 spiro atoms. The van der Waals surface area contributed by atoms with E-state index >= 15 is 0 Å². The van der Waals surface area contributed by atoms with Gasteiger partial charge in [0.05, 0.1) is 0 Å². The molecule has 1 aromatic carbocycles. The van der Waals surface area contributed by atoms with Gasteiger partial charge in [0.25, 0.3) is 0 Å². The van der Waals surface area contributed by atoms with Crippen molar-refractivity contribution in [3.05, 3.63) is 35.6 Å². The van der Waals surface area contributed by atoms with Gasteiger partial charge in [-0.1, -0.05) is 58.2 Å². The smallest absolute Gasteiger partial charge is 0.126 e. The zero-order valence-corrected chi connectivity index (χ0v) is 13.5. The second-order valence-corrected chi connectivity index (χ2v) is 6.70. The van der Waals surface area contributed by atoms with Crippen LogP contribution in [-0.2, 0) is 6.42 Å². The van der Waals surface area contributed by atoms with E-state index in [1.54, 1.807) is 6.07 Å². The molecule has 0 heterocycles. The molecule has 0 saturated carbocycles. The maximum absolute atomic E-state index is 13.6. The quantitative estimate of drug-likeness (QED) is 0.630. The Morgan fingerprint density at radius 3 is 2.55 bits per heavy atom. The van der Waals surface area contributed by atoms with Crippen molar-refractivity contribution in [2.24, 2.45) is 5.41 Å². The number of nitrogens with one attached hydrogen (secondary N) is 1. The Morgan fingerprint density at radius 2 is 1.90 bits per heavy atom. The molecule has 1 aromatic rings. The topological polar surface area (TPSA) is 12.0 Å². The Balaban J connectivity index is 2.35. The first-order valence-electron chi connectivity index (χ1n) is 7.91. The van der Waals surface area contributed by atoms with Crippen LogP contribution in [0.15, 0.2) is 24.3 Å². The first-order chi connectivity index (χ1) is 9.44. The van der Waals surface area contributed by atoms with Gasteiger partial charge < -0.3 is 5.32 Å². The standard InChI is InChI=1S/C18H30FN/c1-5-6-9-12-18(3,4)14-20-15(2)13-16-10-7-8-11-17(16)19/h7-8,10-11,15,20H,5-6,9,12-14H2,1-4H3. The summed E-state index contributed by atoms with van der Waals surface area (Å²) in [5.41, 5.74) is 1.12. The van der Waals surface area contributed by atoms with Crippen LogP contribution in [0.25, 0.3) is 0 Å². The summed E-state index contributed by atoms with van der Waals surface area (Å²) in [6, 6.07) is 7.36. The molecule has 0 aromatic heterocycles. The van der Waals surface area contributed by atoms with Gasteiger partial charge in [0.2, 0.25) is 0 Å². The average molecular weight is 279 g/mol. The van der Waals surface area contributed by atoms with Crippen LogP contribution in [0.4, 0.5) is 4.39 Å². The maximum Gasteiger partial charge on any atom is 0.126 e. The van der Waals surface area contributed by atoms with Crippen LogP contribution in [0.3, 0.4) is 0 Å². The molecule has 0 saturated heterocycles. The molecular formula is C18H30FN. The van der Waals surface area contributed by atoms with Gasteiger partial charge in [0, 0.05) is 12.6 Å². The molecule has 2 heteroatoms. The predicted octanol–water partition coefficient (Wildman–Crippen LogP) is 4.95. The first-order valence-corrected chi connectivity index (χ1v) is 7.91. The van der Waals surface area contributed by atoms with E-state index in [9.17, 15) is 4.39 Å². The van der Waals surface area contributed by atoms with E-state index in [1.165, 1.54) is 31.7 Å². The fourth-order valence-corrected chi connectivity index (χ4v) is 2.46. The minimum absolute atomic E-state index is 0.0941. The SMILES string of the molecule is CCCCCC(C)(C)CNC(C)Cc1ccccc1F. The van der Waals surface area contributed by atoms with Gasteiger partial charge in [0.15, 0.2) is 0 Å². The largest absolute Gasteiger partial charge is 0.313 e. The second-order valence-electron chi connectivity index (χ2n) is 6.70. The summed E-state index contributed by atoms with van der Waals surface area (Å²) in [6.07, 6.45) is 5.88. The number of hydrogen-bond acceptors (Lipinski definition) is 1. The summed E-state index contributed by atoms with van der Waals surface area (Å²) in [5.74, 6) is -0.0941. The molecule has 1 unspecified atom stereocenters. The van der Waals surface area contributed by atoms with Crippen molar-refractivity contribution >= 4 is 0 Å². The van der Waals surface area contributed by atoms with Gasteiger partial charge in [-0.25, -0.2) is 4.39 Å². The van der Waals surface area contributed by atoms with Crippen molar-refractivity contribution in [1.82, 2.24) is 5.32 Å². The van der Waals surface area contributed by atoms with Gasteiger partial charge >= 0.3 is 0 Å². The van der Waals surface area contributed by atoms with Crippen LogP contribution in [0.5, 0.6) is 0 Å². The van der Waals surface area contributed by atoms with E-state index in [1.807, 2.05) is 12.1 Å². The normalized spacial score (nSPS) is 13.4. The number of rotatable bonds is 9. The van der Waals surface area contributed by atoms with E-state index in [-0.39, 0.29) is 5.82 Å². The lowest BCUT2D eigenvalue weighted by atomic mass is 9.86. The monoisotopic (exact) mass is 279 g/mol. The Bertz CT molecular complexity index is 387. The highest BCUT2D eigenvalue weighted by Gasteiger charge is 2.18. The molecule has 0 fully saturated rings. The highest BCUT2D eigenvalue weighted by Crippen LogP contribution is 2.23. The molecule has 1 nitrogen and oxygen atoms in total. The molecule has 1 rings (SSSR count). The van der Waals surface area contributed by atoms with Crippen LogP contribution in [0, 0.1) is 11.2 Å². The van der Waals surface area contributed by atoms with Crippen LogP contribution in [0.1, 0.15) is 58.9 Å². The highest BCUT2D eigenvalue weighted by molar-refractivity contribution is 5.18. The zero-order chi connectivity index (χ0) is 15.0. The summed E-state index contributed by atoms with van der Waals surface area (Å²) in [7, 11) is 0. The number of benzene rings is 1. The van der Waals surface area contributed by atoms with Crippen LogP contribution < -0.4 is 5.32 Å². The Hall–Kier alpha value is -0.890. The lowest BCUT2D eigenvalue weighted by molar-refractivity contribution is 0.289. The van der Waals surface area contributed by atoms with Crippen LogP contribution >= 0.6 is 0 Å². The summed E-state index contributed by atoms with van der Waals surface area (Å²) in [6.45, 7) is 9.99. The lowest BCUT2D eigenvalue weighted by Gasteiger charge is -2.27. The van der Waals surface area contributed by atoms with Gasteiger partial charge in [0.1, 0.15) is 5.82 Å². The van der Waals surface area contributed by atoms with Gasteiger partial charge in [-0.05, 0) is 36.8 Å². The Kier molecular flexibility index (Phi) is 7.22. The maximum atomic E-state index is 13.6. The second kappa shape index (κ2) is 8.41. The van der Waals surface area contributed by atoms with Crippen molar-refractivity contribution < 1.29 is 4.39 Å². The molecule has 0 aliphatic carbocycles. The van der Waals surface area contributed by atoms with Crippen molar-refractivity contribution in [3.8, 4) is 0 Å². The van der Waals surface area contributed by atoms with Gasteiger partial charge in [-0.15, -0.1) is 0 Å². The molecule has 0 aliphatic rings. The molecule has 0 amide bonds. The molecule has 0 radical (unpaired) electrons. The third-order valence-corrected chi connectivity index (χ3v) is 3.87. The Labute approximate surface area is 124 Å².